The summed E-state index contributed by atoms with van der Waals surface area (Å²) in [5, 5.41) is 0. The van der Waals surface area contributed by atoms with Crippen LogP contribution in [0.25, 0.3) is 11.3 Å². The summed E-state index contributed by atoms with van der Waals surface area (Å²) < 4.78 is 0. The van der Waals surface area contributed by atoms with Crippen molar-refractivity contribution in [2.24, 2.45) is 0 Å². The third kappa shape index (κ3) is 2.44. The lowest BCUT2D eigenvalue weighted by molar-refractivity contribution is 0.569. The van der Waals surface area contributed by atoms with E-state index in [1.807, 2.05) is 30.3 Å². The topological polar surface area (TPSA) is 51.8 Å². The van der Waals surface area contributed by atoms with Crippen molar-refractivity contribution in [3.8, 4) is 11.3 Å². The quantitative estimate of drug-likeness (QED) is 0.814. The molecule has 88 valence electrons. The van der Waals surface area contributed by atoms with E-state index in [-0.39, 0.29) is 5.41 Å². The van der Waals surface area contributed by atoms with Crippen molar-refractivity contribution >= 4 is 5.82 Å². The van der Waals surface area contributed by atoms with E-state index in [2.05, 4.69) is 30.7 Å². The SMILES string of the molecule is CC(C)(C)c1nc(-c2ccccc2)cnc1N. The van der Waals surface area contributed by atoms with E-state index in [0.717, 1.165) is 17.0 Å². The summed E-state index contributed by atoms with van der Waals surface area (Å²) in [5.41, 5.74) is 8.56. The third-order valence-corrected chi connectivity index (χ3v) is 2.58. The second kappa shape index (κ2) is 4.17. The van der Waals surface area contributed by atoms with E-state index >= 15 is 0 Å². The highest BCUT2D eigenvalue weighted by atomic mass is 14.9. The van der Waals surface area contributed by atoms with Crippen LogP contribution in [-0.4, -0.2) is 9.97 Å². The fourth-order valence-corrected chi connectivity index (χ4v) is 1.70. The monoisotopic (exact) mass is 227 g/mol. The van der Waals surface area contributed by atoms with Crippen molar-refractivity contribution in [1.29, 1.82) is 0 Å². The number of nitrogens with zero attached hydrogens (tertiary/aromatic N) is 2. The molecule has 2 aromatic rings. The van der Waals surface area contributed by atoms with Crippen molar-refractivity contribution in [1.82, 2.24) is 9.97 Å². The number of hydrogen-bond acceptors (Lipinski definition) is 3. The van der Waals surface area contributed by atoms with Crippen LogP contribution in [0, 0.1) is 0 Å². The lowest BCUT2D eigenvalue weighted by Gasteiger charge is -2.19. The van der Waals surface area contributed by atoms with Crippen LogP contribution in [0.4, 0.5) is 5.82 Å². The van der Waals surface area contributed by atoms with E-state index in [1.54, 1.807) is 6.20 Å². The molecule has 2 rings (SSSR count). The zero-order chi connectivity index (χ0) is 12.5. The molecule has 0 aliphatic carbocycles. The highest BCUT2D eigenvalue weighted by molar-refractivity contribution is 5.59. The smallest absolute Gasteiger partial charge is 0.145 e. The molecule has 0 bridgehead atoms. The van der Waals surface area contributed by atoms with Crippen LogP contribution < -0.4 is 5.73 Å². The Balaban J connectivity index is 2.53. The molecule has 0 saturated carbocycles. The molecule has 3 heteroatoms. The number of aromatic nitrogens is 2. The first-order chi connectivity index (χ1) is 7.98. The predicted molar refractivity (Wildman–Crippen MR) is 70.6 cm³/mol. The number of nitrogens with two attached hydrogens (primary N) is 1. The van der Waals surface area contributed by atoms with Crippen molar-refractivity contribution in [2.45, 2.75) is 26.2 Å². The van der Waals surface area contributed by atoms with E-state index in [9.17, 15) is 0 Å². The van der Waals surface area contributed by atoms with Crippen LogP contribution in [0.2, 0.25) is 0 Å². The molecule has 0 spiro atoms. The fourth-order valence-electron chi connectivity index (χ4n) is 1.70. The largest absolute Gasteiger partial charge is 0.382 e. The van der Waals surface area contributed by atoms with Gasteiger partial charge in [-0.15, -0.1) is 0 Å². The summed E-state index contributed by atoms with van der Waals surface area (Å²) in [4.78, 5) is 8.86. The highest BCUT2D eigenvalue weighted by Gasteiger charge is 2.20. The molecule has 1 heterocycles. The minimum absolute atomic E-state index is 0.0954. The van der Waals surface area contributed by atoms with E-state index < -0.39 is 0 Å². The summed E-state index contributed by atoms with van der Waals surface area (Å²) in [6.07, 6.45) is 1.72. The van der Waals surface area contributed by atoms with Crippen molar-refractivity contribution < 1.29 is 0 Å². The van der Waals surface area contributed by atoms with E-state index in [0.29, 0.717) is 5.82 Å². The van der Waals surface area contributed by atoms with Gasteiger partial charge in [-0.3, -0.25) is 0 Å². The van der Waals surface area contributed by atoms with Crippen LogP contribution in [0.15, 0.2) is 36.5 Å². The molecule has 2 N–H and O–H groups in total. The molecule has 0 fully saturated rings. The number of anilines is 1. The molecule has 1 aromatic carbocycles. The Morgan fingerprint density at radius 3 is 2.29 bits per heavy atom. The van der Waals surface area contributed by atoms with Gasteiger partial charge in [0.2, 0.25) is 0 Å². The van der Waals surface area contributed by atoms with E-state index in [1.165, 1.54) is 0 Å². The third-order valence-electron chi connectivity index (χ3n) is 2.58. The summed E-state index contributed by atoms with van der Waals surface area (Å²) in [7, 11) is 0. The standard InChI is InChI=1S/C14H17N3/c1-14(2,3)12-13(15)16-9-11(17-12)10-7-5-4-6-8-10/h4-9H,1-3H3,(H2,15,16). The zero-order valence-corrected chi connectivity index (χ0v) is 10.4. The molecule has 0 atom stereocenters. The summed E-state index contributed by atoms with van der Waals surface area (Å²) >= 11 is 0. The Morgan fingerprint density at radius 2 is 1.71 bits per heavy atom. The van der Waals surface area contributed by atoms with Gasteiger partial charge < -0.3 is 5.73 Å². The predicted octanol–water partition coefficient (Wildman–Crippen LogP) is 3.02. The van der Waals surface area contributed by atoms with Crippen molar-refractivity contribution in [2.75, 3.05) is 5.73 Å². The summed E-state index contributed by atoms with van der Waals surface area (Å²) in [6.45, 7) is 6.26. The molecule has 3 nitrogen and oxygen atoms in total. The normalized spacial score (nSPS) is 11.5. The molecular formula is C14H17N3. The maximum absolute atomic E-state index is 5.88. The maximum atomic E-state index is 5.88. The number of hydrogen-bond donors (Lipinski definition) is 1. The maximum Gasteiger partial charge on any atom is 0.145 e. The van der Waals surface area contributed by atoms with Gasteiger partial charge in [0.1, 0.15) is 5.82 Å². The first kappa shape index (κ1) is 11.6. The molecule has 0 radical (unpaired) electrons. The highest BCUT2D eigenvalue weighted by Crippen LogP contribution is 2.26. The van der Waals surface area contributed by atoms with Gasteiger partial charge in [0.15, 0.2) is 0 Å². The number of rotatable bonds is 1. The molecule has 0 amide bonds. The van der Waals surface area contributed by atoms with Crippen LogP contribution >= 0.6 is 0 Å². The Labute approximate surface area is 102 Å². The minimum atomic E-state index is -0.0954. The van der Waals surface area contributed by atoms with Crippen molar-refractivity contribution in [3.63, 3.8) is 0 Å². The van der Waals surface area contributed by atoms with Gasteiger partial charge in [-0.2, -0.15) is 0 Å². The fraction of sp³-hybridized carbons (Fsp3) is 0.286. The van der Waals surface area contributed by atoms with Crippen molar-refractivity contribution in [3.05, 3.63) is 42.2 Å². The van der Waals surface area contributed by atoms with Gasteiger partial charge in [-0.1, -0.05) is 51.1 Å². The second-order valence-electron chi connectivity index (χ2n) is 5.11. The van der Waals surface area contributed by atoms with Crippen LogP contribution in [0.1, 0.15) is 26.5 Å². The van der Waals surface area contributed by atoms with Gasteiger partial charge in [0.05, 0.1) is 17.6 Å². The van der Waals surface area contributed by atoms with Gasteiger partial charge in [-0.25, -0.2) is 9.97 Å². The van der Waals surface area contributed by atoms with Crippen LogP contribution in [0.5, 0.6) is 0 Å². The Hall–Kier alpha value is -1.90. The second-order valence-corrected chi connectivity index (χ2v) is 5.11. The molecule has 0 aliphatic rings. The lowest BCUT2D eigenvalue weighted by atomic mass is 9.91. The number of nitrogen functional groups attached to an aromatic ring is 1. The van der Waals surface area contributed by atoms with Gasteiger partial charge in [0, 0.05) is 11.0 Å². The molecule has 1 aromatic heterocycles. The van der Waals surface area contributed by atoms with Crippen LogP contribution in [0.3, 0.4) is 0 Å². The molecule has 0 unspecified atom stereocenters. The Morgan fingerprint density at radius 1 is 1.06 bits per heavy atom. The molecular weight excluding hydrogens is 210 g/mol. The van der Waals surface area contributed by atoms with Gasteiger partial charge in [-0.05, 0) is 0 Å². The molecule has 0 aliphatic heterocycles. The van der Waals surface area contributed by atoms with Crippen LogP contribution in [-0.2, 0) is 5.41 Å². The number of benzene rings is 1. The molecule has 0 saturated heterocycles. The first-order valence-electron chi connectivity index (χ1n) is 5.67. The average molecular weight is 227 g/mol. The Kier molecular flexibility index (Phi) is 2.84. The van der Waals surface area contributed by atoms with E-state index in [4.69, 9.17) is 5.73 Å². The first-order valence-corrected chi connectivity index (χ1v) is 5.67. The summed E-state index contributed by atoms with van der Waals surface area (Å²) in [6, 6.07) is 10.0. The average Bonchev–Trinajstić information content (AvgIpc) is 2.29. The minimum Gasteiger partial charge on any atom is -0.382 e. The van der Waals surface area contributed by atoms with Gasteiger partial charge in [0.25, 0.3) is 0 Å². The van der Waals surface area contributed by atoms with Gasteiger partial charge >= 0.3 is 0 Å². The molecule has 17 heavy (non-hydrogen) atoms. The Bertz CT molecular complexity index is 513. The summed E-state index contributed by atoms with van der Waals surface area (Å²) in [5.74, 6) is 0.511. The lowest BCUT2D eigenvalue weighted by Crippen LogP contribution is -2.17. The zero-order valence-electron chi connectivity index (χ0n) is 10.4.